The average molecular weight is 300 g/mol. The Morgan fingerprint density at radius 1 is 1.09 bits per heavy atom. The summed E-state index contributed by atoms with van der Waals surface area (Å²) >= 11 is 0. The summed E-state index contributed by atoms with van der Waals surface area (Å²) in [6.07, 6.45) is 2.34. The molecular formula is C18H20O4. The Labute approximate surface area is 129 Å². The van der Waals surface area contributed by atoms with Crippen molar-refractivity contribution in [3.8, 4) is 28.4 Å². The zero-order chi connectivity index (χ0) is 16.1. The van der Waals surface area contributed by atoms with Crippen LogP contribution >= 0.6 is 0 Å². The fourth-order valence-corrected chi connectivity index (χ4v) is 2.18. The Balaban J connectivity index is 2.41. The zero-order valence-corrected chi connectivity index (χ0v) is 12.7. The second-order valence-electron chi connectivity index (χ2n) is 5.14. The molecule has 0 bridgehead atoms. The van der Waals surface area contributed by atoms with Gasteiger partial charge in [0.15, 0.2) is 0 Å². The molecule has 0 atom stereocenters. The highest BCUT2D eigenvalue weighted by Gasteiger charge is 2.11. The van der Waals surface area contributed by atoms with Crippen molar-refractivity contribution in [3.63, 3.8) is 0 Å². The van der Waals surface area contributed by atoms with E-state index in [-0.39, 0.29) is 18.1 Å². The smallest absolute Gasteiger partial charge is 0.126 e. The standard InChI is InChI=1S/C18H20O4/c1-12(11-19)3-8-16-17(21)9-14(10-18(16)22-2)13-4-6-15(20)7-5-13/h3-7,9-10,19-21H,8,11H2,1-2H3. The fourth-order valence-electron chi connectivity index (χ4n) is 2.18. The molecule has 0 heterocycles. The molecule has 4 heteroatoms. The molecular weight excluding hydrogens is 280 g/mol. The number of rotatable bonds is 5. The summed E-state index contributed by atoms with van der Waals surface area (Å²) in [5.41, 5.74) is 3.20. The van der Waals surface area contributed by atoms with E-state index in [1.54, 1.807) is 37.4 Å². The first-order chi connectivity index (χ1) is 10.5. The molecule has 0 saturated carbocycles. The lowest BCUT2D eigenvalue weighted by molar-refractivity contribution is 0.331. The maximum Gasteiger partial charge on any atom is 0.126 e. The Kier molecular flexibility index (Phi) is 5.07. The Bertz CT molecular complexity index is 672. The van der Waals surface area contributed by atoms with Gasteiger partial charge in [0.1, 0.15) is 17.2 Å². The van der Waals surface area contributed by atoms with Crippen LogP contribution in [0.2, 0.25) is 0 Å². The van der Waals surface area contributed by atoms with Gasteiger partial charge in [-0.1, -0.05) is 23.8 Å². The van der Waals surface area contributed by atoms with Gasteiger partial charge in [-0.05, 0) is 48.7 Å². The van der Waals surface area contributed by atoms with E-state index >= 15 is 0 Å². The summed E-state index contributed by atoms with van der Waals surface area (Å²) in [4.78, 5) is 0. The number of allylic oxidation sites excluding steroid dienone is 1. The van der Waals surface area contributed by atoms with Crippen molar-refractivity contribution in [1.29, 1.82) is 0 Å². The van der Waals surface area contributed by atoms with Gasteiger partial charge >= 0.3 is 0 Å². The Hall–Kier alpha value is -2.46. The van der Waals surface area contributed by atoms with Crippen molar-refractivity contribution in [2.45, 2.75) is 13.3 Å². The minimum atomic E-state index is -0.00529. The van der Waals surface area contributed by atoms with E-state index in [0.717, 1.165) is 16.7 Å². The molecule has 4 nitrogen and oxygen atoms in total. The highest BCUT2D eigenvalue weighted by atomic mass is 16.5. The normalized spacial score (nSPS) is 11.5. The number of aliphatic hydroxyl groups is 1. The molecule has 0 fully saturated rings. The maximum absolute atomic E-state index is 10.3. The lowest BCUT2D eigenvalue weighted by Crippen LogP contribution is -1.94. The number of phenolic OH excluding ortho intramolecular Hbond substituents is 2. The van der Waals surface area contributed by atoms with Gasteiger partial charge in [-0.15, -0.1) is 0 Å². The lowest BCUT2D eigenvalue weighted by Gasteiger charge is -2.12. The molecule has 116 valence electrons. The van der Waals surface area contributed by atoms with Gasteiger partial charge in [0.05, 0.1) is 13.7 Å². The summed E-state index contributed by atoms with van der Waals surface area (Å²) < 4.78 is 5.38. The quantitative estimate of drug-likeness (QED) is 0.741. The molecule has 2 aromatic rings. The summed E-state index contributed by atoms with van der Waals surface area (Å²) in [6.45, 7) is 1.82. The number of hydrogen-bond acceptors (Lipinski definition) is 4. The van der Waals surface area contributed by atoms with Crippen LogP contribution in [0.3, 0.4) is 0 Å². The highest BCUT2D eigenvalue weighted by Crippen LogP contribution is 2.35. The molecule has 22 heavy (non-hydrogen) atoms. The van der Waals surface area contributed by atoms with E-state index < -0.39 is 0 Å². The van der Waals surface area contributed by atoms with Crippen LogP contribution in [0.1, 0.15) is 12.5 Å². The monoisotopic (exact) mass is 300 g/mol. The lowest BCUT2D eigenvalue weighted by atomic mass is 10.00. The van der Waals surface area contributed by atoms with Crippen molar-refractivity contribution in [2.24, 2.45) is 0 Å². The Morgan fingerprint density at radius 3 is 2.36 bits per heavy atom. The molecule has 3 N–H and O–H groups in total. The second kappa shape index (κ2) is 7.00. The van der Waals surface area contributed by atoms with E-state index in [0.29, 0.717) is 17.7 Å². The number of ether oxygens (including phenoxy) is 1. The highest BCUT2D eigenvalue weighted by molar-refractivity contribution is 5.69. The van der Waals surface area contributed by atoms with Crippen LogP contribution in [0.4, 0.5) is 0 Å². The summed E-state index contributed by atoms with van der Waals surface area (Å²) in [5.74, 6) is 0.927. The predicted molar refractivity (Wildman–Crippen MR) is 86.3 cm³/mol. The topological polar surface area (TPSA) is 69.9 Å². The molecule has 0 spiro atoms. The van der Waals surface area contributed by atoms with Gasteiger partial charge in [-0.25, -0.2) is 0 Å². The maximum atomic E-state index is 10.3. The van der Waals surface area contributed by atoms with E-state index in [2.05, 4.69) is 0 Å². The number of methoxy groups -OCH3 is 1. The minimum absolute atomic E-state index is 0.00529. The van der Waals surface area contributed by atoms with Crippen molar-refractivity contribution in [3.05, 3.63) is 53.6 Å². The molecule has 2 aromatic carbocycles. The van der Waals surface area contributed by atoms with Gasteiger partial charge in [0, 0.05) is 5.56 Å². The second-order valence-corrected chi connectivity index (χ2v) is 5.14. The summed E-state index contributed by atoms with van der Waals surface area (Å²) in [6, 6.07) is 10.3. The molecule has 0 radical (unpaired) electrons. The first kappa shape index (κ1) is 15.9. The van der Waals surface area contributed by atoms with Crippen LogP contribution in [0.5, 0.6) is 17.2 Å². The third kappa shape index (κ3) is 3.59. The van der Waals surface area contributed by atoms with Gasteiger partial charge in [0.2, 0.25) is 0 Å². The summed E-state index contributed by atoms with van der Waals surface area (Å²) in [5, 5.41) is 28.7. The van der Waals surface area contributed by atoms with Gasteiger partial charge < -0.3 is 20.1 Å². The molecule has 0 aliphatic rings. The van der Waals surface area contributed by atoms with Crippen LogP contribution in [-0.4, -0.2) is 29.0 Å². The zero-order valence-electron chi connectivity index (χ0n) is 12.7. The number of hydrogen-bond donors (Lipinski definition) is 3. The van der Waals surface area contributed by atoms with Crippen LogP contribution in [0, 0.1) is 0 Å². The van der Waals surface area contributed by atoms with Crippen molar-refractivity contribution >= 4 is 0 Å². The SMILES string of the molecule is COc1cc(-c2ccc(O)cc2)cc(O)c1CC=C(C)CO. The molecule has 0 aliphatic carbocycles. The van der Waals surface area contributed by atoms with Gasteiger partial charge in [-0.2, -0.15) is 0 Å². The van der Waals surface area contributed by atoms with Crippen LogP contribution in [-0.2, 0) is 6.42 Å². The molecule has 0 unspecified atom stereocenters. The molecule has 0 aromatic heterocycles. The largest absolute Gasteiger partial charge is 0.508 e. The number of benzene rings is 2. The van der Waals surface area contributed by atoms with E-state index in [4.69, 9.17) is 9.84 Å². The minimum Gasteiger partial charge on any atom is -0.508 e. The number of aliphatic hydroxyl groups excluding tert-OH is 1. The Morgan fingerprint density at radius 2 is 1.77 bits per heavy atom. The van der Waals surface area contributed by atoms with Crippen LogP contribution < -0.4 is 4.74 Å². The number of phenols is 2. The fraction of sp³-hybridized carbons (Fsp3) is 0.222. The van der Waals surface area contributed by atoms with Crippen molar-refractivity contribution < 1.29 is 20.1 Å². The van der Waals surface area contributed by atoms with Gasteiger partial charge in [0.25, 0.3) is 0 Å². The third-order valence-corrected chi connectivity index (χ3v) is 3.51. The molecule has 2 rings (SSSR count). The first-order valence-electron chi connectivity index (χ1n) is 7.01. The van der Waals surface area contributed by atoms with E-state index in [1.807, 2.05) is 19.1 Å². The summed E-state index contributed by atoms with van der Waals surface area (Å²) in [7, 11) is 1.56. The number of aromatic hydroxyl groups is 2. The van der Waals surface area contributed by atoms with Crippen LogP contribution in [0.25, 0.3) is 11.1 Å². The molecule has 0 aliphatic heterocycles. The third-order valence-electron chi connectivity index (χ3n) is 3.51. The van der Waals surface area contributed by atoms with E-state index in [1.165, 1.54) is 0 Å². The first-order valence-corrected chi connectivity index (χ1v) is 7.01. The van der Waals surface area contributed by atoms with Gasteiger partial charge in [-0.3, -0.25) is 0 Å². The average Bonchev–Trinajstić information content (AvgIpc) is 2.53. The van der Waals surface area contributed by atoms with Crippen molar-refractivity contribution in [1.82, 2.24) is 0 Å². The molecule has 0 saturated heterocycles. The predicted octanol–water partition coefficient (Wildman–Crippen LogP) is 3.25. The molecule has 0 amide bonds. The van der Waals surface area contributed by atoms with Crippen molar-refractivity contribution in [2.75, 3.05) is 13.7 Å². The van der Waals surface area contributed by atoms with E-state index in [9.17, 15) is 10.2 Å². The van der Waals surface area contributed by atoms with Crippen LogP contribution in [0.15, 0.2) is 48.0 Å².